The van der Waals surface area contributed by atoms with Gasteiger partial charge in [-0.15, -0.1) is 11.3 Å². The molecular formula is C21H23N3OS. The third kappa shape index (κ3) is 3.58. The molecule has 0 aliphatic heterocycles. The number of aromatic nitrogens is 2. The van der Waals surface area contributed by atoms with E-state index in [1.54, 1.807) is 16.2 Å². The summed E-state index contributed by atoms with van der Waals surface area (Å²) in [6.45, 7) is 1.33. The number of benzene rings is 1. The van der Waals surface area contributed by atoms with E-state index in [-0.39, 0.29) is 5.91 Å². The van der Waals surface area contributed by atoms with Crippen LogP contribution in [0.5, 0.6) is 0 Å². The van der Waals surface area contributed by atoms with Gasteiger partial charge in [0.1, 0.15) is 0 Å². The smallest absolute Gasteiger partial charge is 0.255 e. The lowest BCUT2D eigenvalue weighted by molar-refractivity contribution is 0.0784. The van der Waals surface area contributed by atoms with Crippen molar-refractivity contribution in [2.24, 2.45) is 0 Å². The Balaban J connectivity index is 1.42. The first-order chi connectivity index (χ1) is 12.7. The van der Waals surface area contributed by atoms with E-state index in [4.69, 9.17) is 0 Å². The minimum absolute atomic E-state index is 0.125. The summed E-state index contributed by atoms with van der Waals surface area (Å²) >= 11 is 1.75. The van der Waals surface area contributed by atoms with Gasteiger partial charge < -0.3 is 4.90 Å². The number of amides is 1. The molecule has 2 heterocycles. The maximum absolute atomic E-state index is 12.9. The molecule has 1 aromatic carbocycles. The zero-order valence-corrected chi connectivity index (χ0v) is 15.8. The van der Waals surface area contributed by atoms with Crippen molar-refractivity contribution in [3.05, 3.63) is 75.2 Å². The molecule has 0 atom stereocenters. The summed E-state index contributed by atoms with van der Waals surface area (Å²) in [7, 11) is 1.88. The van der Waals surface area contributed by atoms with Gasteiger partial charge in [-0.25, -0.2) is 0 Å². The van der Waals surface area contributed by atoms with Crippen molar-refractivity contribution in [2.45, 2.75) is 38.8 Å². The summed E-state index contributed by atoms with van der Waals surface area (Å²) in [6.07, 6.45) is 8.50. The molecule has 0 unspecified atom stereocenters. The van der Waals surface area contributed by atoms with E-state index in [0.29, 0.717) is 6.54 Å². The minimum atomic E-state index is 0.125. The summed E-state index contributed by atoms with van der Waals surface area (Å²) in [5.41, 5.74) is 4.47. The molecule has 2 aromatic heterocycles. The zero-order valence-electron chi connectivity index (χ0n) is 15.0. The van der Waals surface area contributed by atoms with Crippen molar-refractivity contribution in [1.82, 2.24) is 14.7 Å². The van der Waals surface area contributed by atoms with Crippen LogP contribution < -0.4 is 0 Å². The molecule has 0 N–H and O–H groups in total. The second-order valence-electron chi connectivity index (χ2n) is 6.95. The number of carbonyl (C=O) groups is 1. The fourth-order valence-corrected chi connectivity index (χ4v) is 4.69. The van der Waals surface area contributed by atoms with Gasteiger partial charge in [-0.2, -0.15) is 5.10 Å². The molecule has 4 rings (SSSR count). The number of nitrogens with zero attached hydrogens (tertiary/aromatic N) is 3. The summed E-state index contributed by atoms with van der Waals surface area (Å²) in [5, 5.41) is 6.49. The number of thiophene rings is 1. The van der Waals surface area contributed by atoms with Gasteiger partial charge in [0.15, 0.2) is 0 Å². The molecule has 0 spiro atoms. The highest BCUT2D eigenvalue weighted by Gasteiger charge is 2.22. The van der Waals surface area contributed by atoms with E-state index in [1.807, 2.05) is 47.7 Å². The van der Waals surface area contributed by atoms with Crippen LogP contribution >= 0.6 is 11.3 Å². The van der Waals surface area contributed by atoms with Crippen LogP contribution in [0.2, 0.25) is 0 Å². The maximum Gasteiger partial charge on any atom is 0.255 e. The van der Waals surface area contributed by atoms with Crippen molar-refractivity contribution in [3.63, 3.8) is 0 Å². The molecule has 3 aromatic rings. The number of aryl methyl sites for hydroxylation is 1. The molecule has 134 valence electrons. The van der Waals surface area contributed by atoms with Crippen LogP contribution in [0.15, 0.2) is 48.1 Å². The van der Waals surface area contributed by atoms with Crippen molar-refractivity contribution in [3.8, 4) is 0 Å². The summed E-state index contributed by atoms with van der Waals surface area (Å²) in [6, 6.07) is 10.3. The van der Waals surface area contributed by atoms with Gasteiger partial charge in [0.05, 0.1) is 18.3 Å². The Labute approximate surface area is 158 Å². The predicted octanol–water partition coefficient (Wildman–Crippen LogP) is 4.14. The molecule has 1 aliphatic rings. The highest BCUT2D eigenvalue weighted by Crippen LogP contribution is 2.31. The molecule has 4 nitrogen and oxygen atoms in total. The van der Waals surface area contributed by atoms with Gasteiger partial charge >= 0.3 is 0 Å². The predicted molar refractivity (Wildman–Crippen MR) is 105 cm³/mol. The van der Waals surface area contributed by atoms with Gasteiger partial charge in [0.25, 0.3) is 5.91 Å². The molecule has 0 bridgehead atoms. The first kappa shape index (κ1) is 17.0. The van der Waals surface area contributed by atoms with Gasteiger partial charge in [0.2, 0.25) is 0 Å². The van der Waals surface area contributed by atoms with Crippen molar-refractivity contribution in [2.75, 3.05) is 7.05 Å². The first-order valence-electron chi connectivity index (χ1n) is 9.10. The number of carbonyl (C=O) groups excluding carboxylic acids is 1. The summed E-state index contributed by atoms with van der Waals surface area (Å²) in [5.74, 6) is 0.125. The third-order valence-electron chi connectivity index (χ3n) is 4.93. The van der Waals surface area contributed by atoms with Gasteiger partial charge in [-0.05, 0) is 36.8 Å². The lowest BCUT2D eigenvalue weighted by Crippen LogP contribution is -2.26. The van der Waals surface area contributed by atoms with E-state index in [1.165, 1.54) is 28.8 Å². The number of rotatable bonds is 5. The monoisotopic (exact) mass is 365 g/mol. The summed E-state index contributed by atoms with van der Waals surface area (Å²) < 4.78 is 1.93. The average molecular weight is 366 g/mol. The van der Waals surface area contributed by atoms with Gasteiger partial charge in [-0.3, -0.25) is 9.48 Å². The van der Waals surface area contributed by atoms with E-state index in [9.17, 15) is 4.79 Å². The summed E-state index contributed by atoms with van der Waals surface area (Å²) in [4.78, 5) is 16.1. The Kier molecular flexibility index (Phi) is 4.89. The second kappa shape index (κ2) is 7.46. The topological polar surface area (TPSA) is 38.1 Å². The lowest BCUT2D eigenvalue weighted by Gasteiger charge is -2.18. The number of fused-ring (bicyclic) bond motifs is 1. The standard InChI is InChI=1S/C21H23N3OS/c1-23(21(25)19-15-26-20-10-6-5-9-18(19)20)12-17-11-22-24(14-17)13-16-7-3-2-4-8-16/h2-4,7-8,11,14-15H,5-6,9-10,12-13H2,1H3. The Morgan fingerprint density at radius 2 is 2.00 bits per heavy atom. The fourth-order valence-electron chi connectivity index (χ4n) is 3.57. The molecule has 0 saturated carbocycles. The number of hydrogen-bond acceptors (Lipinski definition) is 3. The highest BCUT2D eigenvalue weighted by molar-refractivity contribution is 7.10. The quantitative estimate of drug-likeness (QED) is 0.681. The van der Waals surface area contributed by atoms with E-state index < -0.39 is 0 Å². The Bertz CT molecular complexity index is 897. The Hall–Kier alpha value is -2.40. The van der Waals surface area contributed by atoms with Crippen LogP contribution in [0.1, 0.15) is 44.8 Å². The molecule has 26 heavy (non-hydrogen) atoms. The van der Waals surface area contributed by atoms with Gasteiger partial charge in [0, 0.05) is 35.6 Å². The van der Waals surface area contributed by atoms with Crippen molar-refractivity contribution >= 4 is 17.2 Å². The van der Waals surface area contributed by atoms with Crippen LogP contribution in [-0.2, 0) is 25.9 Å². The van der Waals surface area contributed by atoms with Crippen LogP contribution in [0.4, 0.5) is 0 Å². The van der Waals surface area contributed by atoms with Crippen molar-refractivity contribution in [1.29, 1.82) is 0 Å². The average Bonchev–Trinajstić information content (AvgIpc) is 3.29. The van der Waals surface area contributed by atoms with Gasteiger partial charge in [-0.1, -0.05) is 30.3 Å². The molecule has 0 fully saturated rings. The first-order valence-corrected chi connectivity index (χ1v) is 9.98. The molecule has 0 saturated heterocycles. The highest BCUT2D eigenvalue weighted by atomic mass is 32.1. The molecule has 0 radical (unpaired) electrons. The largest absolute Gasteiger partial charge is 0.337 e. The second-order valence-corrected chi connectivity index (χ2v) is 7.92. The molecule has 5 heteroatoms. The number of hydrogen-bond donors (Lipinski definition) is 0. The maximum atomic E-state index is 12.9. The zero-order chi connectivity index (χ0) is 17.9. The third-order valence-corrected chi connectivity index (χ3v) is 6.02. The Morgan fingerprint density at radius 1 is 1.19 bits per heavy atom. The molecule has 1 aliphatic carbocycles. The van der Waals surface area contributed by atoms with Crippen molar-refractivity contribution < 1.29 is 4.79 Å². The lowest BCUT2D eigenvalue weighted by atomic mass is 9.95. The van der Waals surface area contributed by atoms with Crippen LogP contribution in [0.3, 0.4) is 0 Å². The molecule has 1 amide bonds. The van der Waals surface area contributed by atoms with Crippen LogP contribution in [0, 0.1) is 0 Å². The Morgan fingerprint density at radius 3 is 2.85 bits per heavy atom. The van der Waals surface area contributed by atoms with E-state index >= 15 is 0 Å². The van der Waals surface area contributed by atoms with Crippen LogP contribution in [0.25, 0.3) is 0 Å². The van der Waals surface area contributed by atoms with E-state index in [2.05, 4.69) is 17.2 Å². The van der Waals surface area contributed by atoms with E-state index in [0.717, 1.165) is 30.5 Å². The fraction of sp³-hybridized carbons (Fsp3) is 0.333. The SMILES string of the molecule is CN(Cc1cnn(Cc2ccccc2)c1)C(=O)c1csc2c1CCCC2. The normalized spacial score (nSPS) is 13.4. The minimum Gasteiger partial charge on any atom is -0.337 e. The van der Waals surface area contributed by atoms with Crippen LogP contribution in [-0.4, -0.2) is 27.6 Å². The molecular weight excluding hydrogens is 342 g/mol.